The molecule has 0 aromatic rings. The molecule has 0 aromatic carbocycles. The van der Waals surface area contributed by atoms with Crippen LogP contribution in [0.25, 0.3) is 0 Å². The summed E-state index contributed by atoms with van der Waals surface area (Å²) in [5.41, 5.74) is 0.804. The third-order valence-electron chi connectivity index (χ3n) is 3.05. The van der Waals surface area contributed by atoms with Crippen molar-refractivity contribution in [2.45, 2.75) is 59.8 Å². The Morgan fingerprint density at radius 3 is 1.92 bits per heavy atom. The number of hydrogen-bond acceptors (Lipinski definition) is 0. The van der Waals surface area contributed by atoms with Crippen LogP contribution in [-0.4, -0.2) is 0 Å². The molecule has 0 radical (unpaired) electrons. The van der Waals surface area contributed by atoms with E-state index in [1.54, 1.807) is 0 Å². The van der Waals surface area contributed by atoms with Crippen LogP contribution in [0.2, 0.25) is 0 Å². The highest BCUT2D eigenvalue weighted by atomic mass is 14.5. The Hall–Kier alpha value is 0. The van der Waals surface area contributed by atoms with E-state index in [4.69, 9.17) is 0 Å². The Morgan fingerprint density at radius 2 is 1.58 bits per heavy atom. The molecule has 72 valence electrons. The van der Waals surface area contributed by atoms with Crippen molar-refractivity contribution in [3.05, 3.63) is 0 Å². The summed E-state index contributed by atoms with van der Waals surface area (Å²) in [6.07, 6.45) is 7.42. The summed E-state index contributed by atoms with van der Waals surface area (Å²) in [4.78, 5) is 0. The molecular formula is C12H24. The normalized spacial score (nSPS) is 20.5. The SMILES string of the molecule is CC(C)CCC1(CC(C)C)CC1. The predicted molar refractivity (Wildman–Crippen MR) is 55.2 cm³/mol. The van der Waals surface area contributed by atoms with Crippen LogP contribution in [-0.2, 0) is 0 Å². The van der Waals surface area contributed by atoms with Gasteiger partial charge in [0.05, 0.1) is 0 Å². The first-order chi connectivity index (χ1) is 5.54. The van der Waals surface area contributed by atoms with Crippen LogP contribution in [0.1, 0.15) is 59.8 Å². The number of rotatable bonds is 5. The average Bonchev–Trinajstić information content (AvgIpc) is 2.64. The van der Waals surface area contributed by atoms with Gasteiger partial charge in [0, 0.05) is 0 Å². The van der Waals surface area contributed by atoms with Crippen molar-refractivity contribution >= 4 is 0 Å². The Morgan fingerprint density at radius 1 is 1.00 bits per heavy atom. The van der Waals surface area contributed by atoms with Gasteiger partial charge < -0.3 is 0 Å². The summed E-state index contributed by atoms with van der Waals surface area (Å²) >= 11 is 0. The zero-order chi connectivity index (χ0) is 9.19. The van der Waals surface area contributed by atoms with Gasteiger partial charge in [-0.3, -0.25) is 0 Å². The lowest BCUT2D eigenvalue weighted by Crippen LogP contribution is -2.06. The fourth-order valence-corrected chi connectivity index (χ4v) is 2.19. The lowest BCUT2D eigenvalue weighted by atomic mass is 9.88. The lowest BCUT2D eigenvalue weighted by Gasteiger charge is -2.18. The van der Waals surface area contributed by atoms with Crippen molar-refractivity contribution < 1.29 is 0 Å². The smallest absolute Gasteiger partial charge is 0.0295 e. The maximum atomic E-state index is 2.36. The van der Waals surface area contributed by atoms with Gasteiger partial charge in [-0.15, -0.1) is 0 Å². The summed E-state index contributed by atoms with van der Waals surface area (Å²) in [5.74, 6) is 1.80. The maximum absolute atomic E-state index is 2.36. The van der Waals surface area contributed by atoms with E-state index in [1.807, 2.05) is 0 Å². The lowest BCUT2D eigenvalue weighted by molar-refractivity contribution is 0.336. The Labute approximate surface area is 77.7 Å². The highest BCUT2D eigenvalue weighted by Gasteiger charge is 2.41. The summed E-state index contributed by atoms with van der Waals surface area (Å²) in [6, 6.07) is 0. The predicted octanol–water partition coefficient (Wildman–Crippen LogP) is 4.25. The monoisotopic (exact) mass is 168 g/mol. The summed E-state index contributed by atoms with van der Waals surface area (Å²) in [5, 5.41) is 0. The van der Waals surface area contributed by atoms with Crippen molar-refractivity contribution in [2.75, 3.05) is 0 Å². The first kappa shape index (κ1) is 10.1. The zero-order valence-electron chi connectivity index (χ0n) is 9.19. The van der Waals surface area contributed by atoms with Gasteiger partial charge in [0.2, 0.25) is 0 Å². The second-order valence-electron chi connectivity index (χ2n) is 5.53. The van der Waals surface area contributed by atoms with Crippen LogP contribution in [0.3, 0.4) is 0 Å². The van der Waals surface area contributed by atoms with Crippen molar-refractivity contribution in [3.63, 3.8) is 0 Å². The molecule has 0 aromatic heterocycles. The summed E-state index contributed by atoms with van der Waals surface area (Å²) < 4.78 is 0. The second kappa shape index (κ2) is 3.81. The molecule has 0 nitrogen and oxygen atoms in total. The summed E-state index contributed by atoms with van der Waals surface area (Å²) in [6.45, 7) is 9.39. The highest BCUT2D eigenvalue weighted by Crippen LogP contribution is 2.54. The van der Waals surface area contributed by atoms with E-state index in [-0.39, 0.29) is 0 Å². The van der Waals surface area contributed by atoms with Crippen LogP contribution in [0.5, 0.6) is 0 Å². The van der Waals surface area contributed by atoms with E-state index in [1.165, 1.54) is 32.1 Å². The fourth-order valence-electron chi connectivity index (χ4n) is 2.19. The Balaban J connectivity index is 2.20. The molecule has 0 N–H and O–H groups in total. The zero-order valence-corrected chi connectivity index (χ0v) is 9.19. The molecule has 1 aliphatic rings. The molecule has 0 aliphatic heterocycles. The molecule has 0 heterocycles. The van der Waals surface area contributed by atoms with E-state index in [0.29, 0.717) is 0 Å². The first-order valence-corrected chi connectivity index (χ1v) is 5.54. The second-order valence-corrected chi connectivity index (χ2v) is 5.53. The molecule has 0 saturated heterocycles. The van der Waals surface area contributed by atoms with Crippen LogP contribution in [0.4, 0.5) is 0 Å². The molecule has 1 saturated carbocycles. The molecule has 0 unspecified atom stereocenters. The van der Waals surface area contributed by atoms with Crippen LogP contribution in [0, 0.1) is 17.3 Å². The largest absolute Gasteiger partial charge is 0.0628 e. The molecular weight excluding hydrogens is 144 g/mol. The van der Waals surface area contributed by atoms with Gasteiger partial charge in [0.15, 0.2) is 0 Å². The molecule has 1 fully saturated rings. The molecule has 1 aliphatic carbocycles. The fraction of sp³-hybridized carbons (Fsp3) is 1.00. The van der Waals surface area contributed by atoms with Crippen LogP contribution < -0.4 is 0 Å². The van der Waals surface area contributed by atoms with E-state index >= 15 is 0 Å². The quantitative estimate of drug-likeness (QED) is 0.575. The molecule has 1 rings (SSSR count). The van der Waals surface area contributed by atoms with E-state index < -0.39 is 0 Å². The van der Waals surface area contributed by atoms with Crippen molar-refractivity contribution in [1.29, 1.82) is 0 Å². The Kier molecular flexibility index (Phi) is 3.20. The molecule has 0 spiro atoms. The van der Waals surface area contributed by atoms with Crippen molar-refractivity contribution in [3.8, 4) is 0 Å². The van der Waals surface area contributed by atoms with Gasteiger partial charge in [-0.2, -0.15) is 0 Å². The minimum absolute atomic E-state index is 0.804. The standard InChI is InChI=1S/C12H24/c1-10(2)5-6-12(7-8-12)9-11(3)4/h10-11H,5-9H2,1-4H3. The van der Waals surface area contributed by atoms with Gasteiger partial charge in [-0.05, 0) is 42.9 Å². The molecule has 0 amide bonds. The molecule has 12 heavy (non-hydrogen) atoms. The van der Waals surface area contributed by atoms with Gasteiger partial charge in [-0.25, -0.2) is 0 Å². The molecule has 0 heteroatoms. The van der Waals surface area contributed by atoms with E-state index in [0.717, 1.165) is 17.3 Å². The molecule has 0 atom stereocenters. The molecule has 0 bridgehead atoms. The van der Waals surface area contributed by atoms with Crippen molar-refractivity contribution in [2.24, 2.45) is 17.3 Å². The third kappa shape index (κ3) is 3.16. The van der Waals surface area contributed by atoms with Crippen LogP contribution in [0.15, 0.2) is 0 Å². The van der Waals surface area contributed by atoms with Crippen molar-refractivity contribution in [1.82, 2.24) is 0 Å². The summed E-state index contributed by atoms with van der Waals surface area (Å²) in [7, 11) is 0. The minimum atomic E-state index is 0.804. The van der Waals surface area contributed by atoms with Gasteiger partial charge >= 0.3 is 0 Å². The van der Waals surface area contributed by atoms with Gasteiger partial charge in [0.1, 0.15) is 0 Å². The highest BCUT2D eigenvalue weighted by molar-refractivity contribution is 4.93. The Bertz CT molecular complexity index is 129. The van der Waals surface area contributed by atoms with Gasteiger partial charge in [0.25, 0.3) is 0 Å². The first-order valence-electron chi connectivity index (χ1n) is 5.54. The minimum Gasteiger partial charge on any atom is -0.0628 e. The van der Waals surface area contributed by atoms with E-state index in [9.17, 15) is 0 Å². The topological polar surface area (TPSA) is 0 Å². The van der Waals surface area contributed by atoms with Gasteiger partial charge in [-0.1, -0.05) is 34.1 Å². The van der Waals surface area contributed by atoms with E-state index in [2.05, 4.69) is 27.7 Å². The number of hydrogen-bond donors (Lipinski definition) is 0. The third-order valence-corrected chi connectivity index (χ3v) is 3.05. The van der Waals surface area contributed by atoms with Crippen LogP contribution >= 0.6 is 0 Å². The average molecular weight is 168 g/mol. The maximum Gasteiger partial charge on any atom is -0.0295 e.